The van der Waals surface area contributed by atoms with E-state index in [2.05, 4.69) is 30.9 Å². The molecule has 0 bridgehead atoms. The summed E-state index contributed by atoms with van der Waals surface area (Å²) in [5.74, 6) is 1.35. The lowest BCUT2D eigenvalue weighted by atomic mass is 10.1. The number of carbonyl (C=O) groups excluding carboxylic acids is 1. The fourth-order valence-corrected chi connectivity index (χ4v) is 3.59. The molecule has 0 aliphatic carbocycles. The van der Waals surface area contributed by atoms with Crippen LogP contribution in [0.3, 0.4) is 0 Å². The molecule has 0 N–H and O–H groups in total. The minimum atomic E-state index is 0.499. The van der Waals surface area contributed by atoms with Crippen molar-refractivity contribution >= 4 is 22.6 Å². The standard InChI is InChI=1S/C18H21N3O2S/c1-4-9-23-14-7-5-13(6-8-14)17-15(11-22)21-18(19-17)24-16(20-21)10-12(2)3/h5-8,11-12H,4,9-10H2,1-3H3. The van der Waals surface area contributed by atoms with Crippen LogP contribution < -0.4 is 4.74 Å². The van der Waals surface area contributed by atoms with Crippen molar-refractivity contribution in [3.05, 3.63) is 35.0 Å². The van der Waals surface area contributed by atoms with Crippen molar-refractivity contribution < 1.29 is 9.53 Å². The Morgan fingerprint density at radius 1 is 1.29 bits per heavy atom. The topological polar surface area (TPSA) is 56.5 Å². The highest BCUT2D eigenvalue weighted by Crippen LogP contribution is 2.28. The lowest BCUT2D eigenvalue weighted by Crippen LogP contribution is -1.98. The van der Waals surface area contributed by atoms with E-state index in [1.807, 2.05) is 24.3 Å². The molecule has 126 valence electrons. The molecular weight excluding hydrogens is 322 g/mol. The molecular formula is C18H21N3O2S. The van der Waals surface area contributed by atoms with Gasteiger partial charge in [0.15, 0.2) is 6.29 Å². The molecule has 0 saturated heterocycles. The van der Waals surface area contributed by atoms with Crippen LogP contribution in [0.1, 0.15) is 42.7 Å². The molecule has 0 saturated carbocycles. The molecule has 0 atom stereocenters. The molecule has 0 amide bonds. The molecule has 0 unspecified atom stereocenters. The van der Waals surface area contributed by atoms with E-state index >= 15 is 0 Å². The number of benzene rings is 1. The minimum absolute atomic E-state index is 0.499. The average molecular weight is 343 g/mol. The van der Waals surface area contributed by atoms with Crippen LogP contribution in [0.2, 0.25) is 0 Å². The molecule has 5 nitrogen and oxygen atoms in total. The predicted molar refractivity (Wildman–Crippen MR) is 96.0 cm³/mol. The summed E-state index contributed by atoms with van der Waals surface area (Å²) in [7, 11) is 0. The number of fused-ring (bicyclic) bond motifs is 1. The molecule has 0 radical (unpaired) electrons. The first-order chi connectivity index (χ1) is 11.6. The molecule has 0 spiro atoms. The Balaban J connectivity index is 1.94. The summed E-state index contributed by atoms with van der Waals surface area (Å²) < 4.78 is 7.25. The first-order valence-electron chi connectivity index (χ1n) is 8.19. The Labute approximate surface area is 145 Å². The van der Waals surface area contributed by atoms with E-state index in [1.54, 1.807) is 15.9 Å². The summed E-state index contributed by atoms with van der Waals surface area (Å²) >= 11 is 1.54. The van der Waals surface area contributed by atoms with E-state index < -0.39 is 0 Å². The van der Waals surface area contributed by atoms with Crippen LogP contribution in [0.15, 0.2) is 24.3 Å². The summed E-state index contributed by atoms with van der Waals surface area (Å²) in [5.41, 5.74) is 2.06. The van der Waals surface area contributed by atoms with Crippen molar-refractivity contribution in [2.45, 2.75) is 33.6 Å². The molecule has 6 heteroatoms. The Hall–Kier alpha value is -2.21. The second-order valence-electron chi connectivity index (χ2n) is 6.12. The van der Waals surface area contributed by atoms with Crippen molar-refractivity contribution in [1.29, 1.82) is 0 Å². The molecule has 3 aromatic rings. The third kappa shape index (κ3) is 3.33. The van der Waals surface area contributed by atoms with Gasteiger partial charge in [-0.25, -0.2) is 4.98 Å². The third-order valence-electron chi connectivity index (χ3n) is 3.58. The lowest BCUT2D eigenvalue weighted by Gasteiger charge is -2.05. The molecule has 2 heterocycles. The molecule has 1 aromatic carbocycles. The Morgan fingerprint density at radius 3 is 2.67 bits per heavy atom. The van der Waals surface area contributed by atoms with Crippen LogP contribution in [0.25, 0.3) is 16.2 Å². The van der Waals surface area contributed by atoms with Crippen molar-refractivity contribution in [1.82, 2.24) is 14.6 Å². The molecule has 2 aromatic heterocycles. The molecule has 0 aliphatic rings. The zero-order chi connectivity index (χ0) is 17.1. The zero-order valence-electron chi connectivity index (χ0n) is 14.2. The van der Waals surface area contributed by atoms with E-state index in [1.165, 1.54) is 0 Å². The van der Waals surface area contributed by atoms with E-state index in [0.29, 0.717) is 23.9 Å². The highest BCUT2D eigenvalue weighted by molar-refractivity contribution is 7.16. The Morgan fingerprint density at radius 2 is 2.04 bits per heavy atom. The van der Waals surface area contributed by atoms with Gasteiger partial charge in [0.25, 0.3) is 0 Å². The Bertz CT molecular complexity index is 834. The predicted octanol–water partition coefficient (Wildman–Crippen LogP) is 4.26. The van der Waals surface area contributed by atoms with Crippen LogP contribution in [0.5, 0.6) is 5.75 Å². The summed E-state index contributed by atoms with van der Waals surface area (Å²) in [6.07, 6.45) is 2.69. The van der Waals surface area contributed by atoms with Gasteiger partial charge < -0.3 is 4.74 Å². The van der Waals surface area contributed by atoms with E-state index in [4.69, 9.17) is 4.74 Å². The summed E-state index contributed by atoms with van der Waals surface area (Å²) in [4.78, 5) is 17.0. The molecule has 3 rings (SSSR count). The molecule has 0 fully saturated rings. The van der Waals surface area contributed by atoms with Gasteiger partial charge in [0.05, 0.1) is 6.61 Å². The number of aromatic nitrogens is 3. The average Bonchev–Trinajstić information content (AvgIpc) is 3.09. The third-order valence-corrected chi connectivity index (χ3v) is 4.51. The van der Waals surface area contributed by atoms with E-state index in [-0.39, 0.29) is 0 Å². The number of hydrogen-bond donors (Lipinski definition) is 0. The summed E-state index contributed by atoms with van der Waals surface area (Å²) in [5, 5.41) is 5.55. The van der Waals surface area contributed by atoms with Crippen LogP contribution in [-0.4, -0.2) is 27.5 Å². The fourth-order valence-electron chi connectivity index (χ4n) is 2.48. The summed E-state index contributed by atoms with van der Waals surface area (Å²) in [6.45, 7) is 7.07. The smallest absolute Gasteiger partial charge is 0.213 e. The fraction of sp³-hybridized carbons (Fsp3) is 0.389. The highest BCUT2D eigenvalue weighted by Gasteiger charge is 2.18. The number of nitrogens with zero attached hydrogens (tertiary/aromatic N) is 3. The molecule has 24 heavy (non-hydrogen) atoms. The quantitative estimate of drug-likeness (QED) is 0.602. The second-order valence-corrected chi connectivity index (χ2v) is 7.17. The lowest BCUT2D eigenvalue weighted by molar-refractivity contribution is 0.111. The van der Waals surface area contributed by atoms with Gasteiger partial charge in [0, 0.05) is 12.0 Å². The van der Waals surface area contributed by atoms with E-state index in [0.717, 1.165) is 40.4 Å². The zero-order valence-corrected chi connectivity index (χ0v) is 15.0. The number of ether oxygens (including phenoxy) is 1. The van der Waals surface area contributed by atoms with Crippen molar-refractivity contribution in [2.75, 3.05) is 6.61 Å². The number of aldehydes is 1. The van der Waals surface area contributed by atoms with Gasteiger partial charge in [-0.05, 0) is 36.6 Å². The monoisotopic (exact) mass is 343 g/mol. The molecule has 0 aliphatic heterocycles. The van der Waals surface area contributed by atoms with Gasteiger partial charge in [-0.15, -0.1) is 0 Å². The van der Waals surface area contributed by atoms with Gasteiger partial charge in [0.1, 0.15) is 22.1 Å². The Kier molecular flexibility index (Phi) is 4.94. The first-order valence-corrected chi connectivity index (χ1v) is 9.00. The normalized spacial score (nSPS) is 11.3. The number of hydrogen-bond acceptors (Lipinski definition) is 5. The maximum Gasteiger partial charge on any atom is 0.213 e. The van der Waals surface area contributed by atoms with Gasteiger partial charge in [-0.3, -0.25) is 4.79 Å². The van der Waals surface area contributed by atoms with Gasteiger partial charge in [-0.1, -0.05) is 32.1 Å². The van der Waals surface area contributed by atoms with Crippen LogP contribution in [0, 0.1) is 5.92 Å². The van der Waals surface area contributed by atoms with Crippen LogP contribution in [0.4, 0.5) is 0 Å². The van der Waals surface area contributed by atoms with Crippen LogP contribution in [-0.2, 0) is 6.42 Å². The van der Waals surface area contributed by atoms with Gasteiger partial charge >= 0.3 is 0 Å². The van der Waals surface area contributed by atoms with Gasteiger partial charge in [-0.2, -0.15) is 9.61 Å². The SMILES string of the molecule is CCCOc1ccc(-c2nc3sc(CC(C)C)nn3c2C=O)cc1. The number of rotatable bonds is 7. The van der Waals surface area contributed by atoms with Crippen molar-refractivity contribution in [2.24, 2.45) is 5.92 Å². The largest absolute Gasteiger partial charge is 0.494 e. The number of imidazole rings is 1. The minimum Gasteiger partial charge on any atom is -0.494 e. The van der Waals surface area contributed by atoms with Crippen LogP contribution >= 0.6 is 11.3 Å². The first kappa shape index (κ1) is 16.6. The van der Waals surface area contributed by atoms with Crippen molar-refractivity contribution in [3.63, 3.8) is 0 Å². The van der Waals surface area contributed by atoms with Gasteiger partial charge in [0.2, 0.25) is 4.96 Å². The number of carbonyl (C=O) groups is 1. The maximum absolute atomic E-state index is 11.6. The summed E-state index contributed by atoms with van der Waals surface area (Å²) in [6, 6.07) is 7.67. The van der Waals surface area contributed by atoms with E-state index in [9.17, 15) is 4.79 Å². The van der Waals surface area contributed by atoms with Crippen molar-refractivity contribution in [3.8, 4) is 17.0 Å². The maximum atomic E-state index is 11.6. The second kappa shape index (κ2) is 7.13. The highest BCUT2D eigenvalue weighted by atomic mass is 32.1.